The Labute approximate surface area is 210 Å². The predicted octanol–water partition coefficient (Wildman–Crippen LogP) is 3.47. The molecule has 2 aliphatic heterocycles. The van der Waals surface area contributed by atoms with E-state index in [1.165, 1.54) is 39.9 Å². The number of benzene rings is 1. The number of carbonyl (C=O) groups is 2. The number of primary amides is 1. The molecule has 1 fully saturated rings. The van der Waals surface area contributed by atoms with E-state index >= 15 is 0 Å². The third kappa shape index (κ3) is 4.87. The van der Waals surface area contributed by atoms with Crippen molar-refractivity contribution in [2.24, 2.45) is 5.73 Å². The zero-order valence-corrected chi connectivity index (χ0v) is 22.2. The van der Waals surface area contributed by atoms with E-state index in [4.69, 9.17) is 5.73 Å². The fourth-order valence-corrected chi connectivity index (χ4v) is 7.70. The molecule has 0 radical (unpaired) electrons. The Morgan fingerprint density at radius 3 is 2.24 bits per heavy atom. The molecule has 2 aliphatic rings. The van der Waals surface area contributed by atoms with Crippen LogP contribution in [-0.2, 0) is 22.0 Å². The van der Waals surface area contributed by atoms with Crippen molar-refractivity contribution in [3.8, 4) is 0 Å². The molecule has 0 unspecified atom stereocenters. The number of amides is 2. The van der Waals surface area contributed by atoms with Crippen LogP contribution in [0.25, 0.3) is 0 Å². The average molecular weight is 527 g/mol. The summed E-state index contributed by atoms with van der Waals surface area (Å²) in [5, 5.41) is 6.83. The Morgan fingerprint density at radius 1 is 1.09 bits per heavy atom. The summed E-state index contributed by atoms with van der Waals surface area (Å²) in [4.78, 5) is 26.5. The molecule has 1 saturated heterocycles. The minimum atomic E-state index is -3.55. The molecule has 186 valence electrons. The highest BCUT2D eigenvalue weighted by molar-refractivity contribution is 7.89. The van der Waals surface area contributed by atoms with Crippen LogP contribution in [0.1, 0.15) is 71.7 Å². The fourth-order valence-electron chi connectivity index (χ4n) is 4.91. The smallest absolute Gasteiger partial charge is 0.256 e. The van der Waals surface area contributed by atoms with Crippen molar-refractivity contribution in [2.75, 3.05) is 18.4 Å². The zero-order valence-electron chi connectivity index (χ0n) is 19.7. The van der Waals surface area contributed by atoms with Crippen LogP contribution in [0.5, 0.6) is 0 Å². The van der Waals surface area contributed by atoms with Crippen molar-refractivity contribution < 1.29 is 18.0 Å². The molecule has 34 heavy (non-hydrogen) atoms. The molecule has 2 amide bonds. The third-order valence-electron chi connectivity index (χ3n) is 6.14. The van der Waals surface area contributed by atoms with E-state index in [9.17, 15) is 18.0 Å². The summed E-state index contributed by atoms with van der Waals surface area (Å²) in [5.41, 5.74) is 6.61. The van der Waals surface area contributed by atoms with Crippen molar-refractivity contribution in [2.45, 2.75) is 62.9 Å². The van der Waals surface area contributed by atoms with E-state index in [-0.39, 0.29) is 28.4 Å². The van der Waals surface area contributed by atoms with Crippen LogP contribution in [0.3, 0.4) is 0 Å². The van der Waals surface area contributed by atoms with E-state index in [0.29, 0.717) is 35.6 Å². The van der Waals surface area contributed by atoms with Gasteiger partial charge in [-0.25, -0.2) is 8.42 Å². The van der Waals surface area contributed by atoms with E-state index in [0.717, 1.165) is 23.3 Å². The summed E-state index contributed by atoms with van der Waals surface area (Å²) in [6.07, 6.45) is 2.33. The summed E-state index contributed by atoms with van der Waals surface area (Å²) in [5.74, 6) is -1.01. The Hall–Kier alpha value is -1.98. The lowest BCUT2D eigenvalue weighted by atomic mass is 9.81. The average Bonchev–Trinajstić information content (AvgIpc) is 3.35. The second-order valence-corrected chi connectivity index (χ2v) is 12.8. The second kappa shape index (κ2) is 9.23. The van der Waals surface area contributed by atoms with Gasteiger partial charge >= 0.3 is 0 Å². The maximum atomic E-state index is 13.0. The van der Waals surface area contributed by atoms with Crippen LogP contribution < -0.4 is 16.4 Å². The SMILES string of the molecule is CC1(C)Cc2c(sc(NC(=O)c3ccc(S(=O)(=O)N4CCCC4)cc3)c2C(N)=O)C(C)(C)N1.Cl. The van der Waals surface area contributed by atoms with Crippen LogP contribution in [0.2, 0.25) is 0 Å². The van der Waals surface area contributed by atoms with Crippen molar-refractivity contribution in [3.63, 3.8) is 0 Å². The third-order valence-corrected chi connectivity index (χ3v) is 9.52. The highest BCUT2D eigenvalue weighted by atomic mass is 35.5. The predicted molar refractivity (Wildman–Crippen MR) is 136 cm³/mol. The van der Waals surface area contributed by atoms with Crippen molar-refractivity contribution in [3.05, 3.63) is 45.8 Å². The molecule has 0 aliphatic carbocycles. The van der Waals surface area contributed by atoms with Gasteiger partial charge in [-0.3, -0.25) is 9.59 Å². The quantitative estimate of drug-likeness (QED) is 0.550. The number of nitrogens with zero attached hydrogens (tertiary/aromatic N) is 1. The molecule has 3 heterocycles. The van der Waals surface area contributed by atoms with Gasteiger partial charge in [0.05, 0.1) is 10.5 Å². The maximum Gasteiger partial charge on any atom is 0.256 e. The molecule has 1 aromatic carbocycles. The first-order valence-electron chi connectivity index (χ1n) is 11.0. The van der Waals surface area contributed by atoms with Crippen molar-refractivity contribution >= 4 is 50.6 Å². The number of rotatable bonds is 5. The number of hydrogen-bond donors (Lipinski definition) is 3. The first-order valence-corrected chi connectivity index (χ1v) is 13.2. The fraction of sp³-hybridized carbons (Fsp3) is 0.478. The van der Waals surface area contributed by atoms with Crippen molar-refractivity contribution in [1.82, 2.24) is 9.62 Å². The Balaban J connectivity index is 0.00000324. The zero-order chi connectivity index (χ0) is 24.2. The first-order chi connectivity index (χ1) is 15.3. The summed E-state index contributed by atoms with van der Waals surface area (Å²) in [7, 11) is -3.55. The standard InChI is InChI=1S/C23H30N4O4S2.ClH/c1-22(2)13-16-17(19(24)28)21(32-18(16)23(3,4)26-22)25-20(29)14-7-9-15(10-8-14)33(30,31)27-11-5-6-12-27;/h7-10,26H,5-6,11-13H2,1-4H3,(H2,24,28)(H,25,29);1H. The minimum absolute atomic E-state index is 0. The summed E-state index contributed by atoms with van der Waals surface area (Å²) in [6.45, 7) is 9.25. The Bertz CT molecular complexity index is 1210. The number of carbonyl (C=O) groups excluding carboxylic acids is 2. The summed E-state index contributed by atoms with van der Waals surface area (Å²) in [6, 6.07) is 5.88. The monoisotopic (exact) mass is 526 g/mol. The van der Waals surface area contributed by atoms with Crippen LogP contribution in [0.15, 0.2) is 29.2 Å². The van der Waals surface area contributed by atoms with Gasteiger partial charge in [-0.05, 0) is 76.8 Å². The molecule has 4 rings (SSSR count). The molecule has 2 aromatic rings. The van der Waals surface area contributed by atoms with E-state index in [1.54, 1.807) is 0 Å². The minimum Gasteiger partial charge on any atom is -0.365 e. The van der Waals surface area contributed by atoms with Crippen LogP contribution >= 0.6 is 23.7 Å². The topological polar surface area (TPSA) is 122 Å². The van der Waals surface area contributed by atoms with Gasteiger partial charge in [0.15, 0.2) is 0 Å². The molecule has 0 bridgehead atoms. The van der Waals surface area contributed by atoms with Gasteiger partial charge in [-0.1, -0.05) is 0 Å². The highest BCUT2D eigenvalue weighted by Crippen LogP contribution is 2.45. The van der Waals surface area contributed by atoms with Gasteiger partial charge in [-0.15, -0.1) is 23.7 Å². The lowest BCUT2D eigenvalue weighted by molar-refractivity contribution is 0.0999. The molecular formula is C23H31ClN4O4S2. The molecule has 1 aromatic heterocycles. The highest BCUT2D eigenvalue weighted by Gasteiger charge is 2.41. The summed E-state index contributed by atoms with van der Waals surface area (Å²) < 4.78 is 26.9. The maximum absolute atomic E-state index is 13.0. The number of hydrogen-bond acceptors (Lipinski definition) is 6. The molecule has 0 atom stereocenters. The molecule has 0 saturated carbocycles. The second-order valence-electron chi connectivity index (χ2n) is 9.88. The van der Waals surface area contributed by atoms with Gasteiger partial charge in [-0.2, -0.15) is 4.31 Å². The molecule has 8 nitrogen and oxygen atoms in total. The van der Waals surface area contributed by atoms with Gasteiger partial charge < -0.3 is 16.4 Å². The first kappa shape index (κ1) is 26.6. The van der Waals surface area contributed by atoms with E-state index in [2.05, 4.69) is 24.5 Å². The number of nitrogens with one attached hydrogen (secondary N) is 2. The number of thiophene rings is 1. The van der Waals surface area contributed by atoms with Crippen LogP contribution in [0, 0.1) is 0 Å². The van der Waals surface area contributed by atoms with Crippen LogP contribution in [0.4, 0.5) is 5.00 Å². The lowest BCUT2D eigenvalue weighted by Gasteiger charge is -2.42. The number of halogens is 1. The Morgan fingerprint density at radius 2 is 1.68 bits per heavy atom. The molecular weight excluding hydrogens is 496 g/mol. The number of nitrogens with two attached hydrogens (primary N) is 1. The number of sulfonamides is 1. The van der Waals surface area contributed by atoms with Gasteiger partial charge in [0.25, 0.3) is 11.8 Å². The lowest BCUT2D eigenvalue weighted by Crippen LogP contribution is -2.55. The van der Waals surface area contributed by atoms with Crippen molar-refractivity contribution in [1.29, 1.82) is 0 Å². The molecule has 11 heteroatoms. The van der Waals surface area contributed by atoms with Gasteiger partial charge in [0, 0.05) is 34.6 Å². The number of anilines is 1. The van der Waals surface area contributed by atoms with Crippen LogP contribution in [-0.4, -0.2) is 43.2 Å². The van der Waals surface area contributed by atoms with Gasteiger partial charge in [0.2, 0.25) is 10.0 Å². The molecule has 4 N–H and O–H groups in total. The summed E-state index contributed by atoms with van der Waals surface area (Å²) >= 11 is 1.35. The van der Waals surface area contributed by atoms with E-state index in [1.807, 2.05) is 13.8 Å². The Kier molecular flexibility index (Phi) is 7.23. The van der Waals surface area contributed by atoms with Gasteiger partial charge in [0.1, 0.15) is 5.00 Å². The van der Waals surface area contributed by atoms with E-state index < -0.39 is 21.8 Å². The molecule has 0 spiro atoms. The largest absolute Gasteiger partial charge is 0.365 e. The normalized spacial score (nSPS) is 19.2. The number of fused-ring (bicyclic) bond motifs is 1.